The molecule has 0 atom stereocenters. The molecule has 76 valence electrons. The molecule has 2 heteroatoms. The van der Waals surface area contributed by atoms with Crippen molar-refractivity contribution in [3.05, 3.63) is 35.4 Å². The van der Waals surface area contributed by atoms with E-state index in [0.29, 0.717) is 0 Å². The van der Waals surface area contributed by atoms with E-state index in [1.807, 2.05) is 0 Å². The van der Waals surface area contributed by atoms with Gasteiger partial charge >= 0.3 is 0 Å². The Morgan fingerprint density at radius 3 is 2.71 bits per heavy atom. The lowest BCUT2D eigenvalue weighted by molar-refractivity contribution is -0.0502. The van der Waals surface area contributed by atoms with Crippen molar-refractivity contribution in [2.75, 3.05) is 20.2 Å². The molecule has 1 saturated heterocycles. The number of nitrogens with one attached hydrogen (secondary N) is 1. The van der Waals surface area contributed by atoms with Gasteiger partial charge in [0.15, 0.2) is 0 Å². The van der Waals surface area contributed by atoms with Crippen molar-refractivity contribution >= 4 is 0 Å². The quantitative estimate of drug-likeness (QED) is 0.782. The first-order chi connectivity index (χ1) is 6.74. The van der Waals surface area contributed by atoms with Gasteiger partial charge in [-0.15, -0.1) is 0 Å². The standard InChI is InChI=1S/C12H17NO/c1-10-4-3-5-11(6-10)7-12(14-2)8-13-9-12/h3-6,13H,7-9H2,1-2H3. The predicted molar refractivity (Wildman–Crippen MR) is 57.5 cm³/mol. The highest BCUT2D eigenvalue weighted by molar-refractivity contribution is 5.24. The van der Waals surface area contributed by atoms with Gasteiger partial charge in [0.25, 0.3) is 0 Å². The third-order valence-corrected chi connectivity index (χ3v) is 2.94. The molecule has 0 spiro atoms. The van der Waals surface area contributed by atoms with Crippen molar-refractivity contribution < 1.29 is 4.74 Å². The minimum absolute atomic E-state index is 0.0494. The Morgan fingerprint density at radius 1 is 1.43 bits per heavy atom. The monoisotopic (exact) mass is 191 g/mol. The minimum atomic E-state index is 0.0494. The Morgan fingerprint density at radius 2 is 2.21 bits per heavy atom. The van der Waals surface area contributed by atoms with Gasteiger partial charge < -0.3 is 10.1 Å². The number of methoxy groups -OCH3 is 1. The van der Waals surface area contributed by atoms with E-state index in [-0.39, 0.29) is 5.60 Å². The largest absolute Gasteiger partial charge is 0.375 e. The molecule has 2 rings (SSSR count). The third-order valence-electron chi connectivity index (χ3n) is 2.94. The molecule has 14 heavy (non-hydrogen) atoms. The first-order valence-corrected chi connectivity index (χ1v) is 5.06. The van der Waals surface area contributed by atoms with Crippen molar-refractivity contribution in [3.8, 4) is 0 Å². The summed E-state index contributed by atoms with van der Waals surface area (Å²) in [5.74, 6) is 0. The van der Waals surface area contributed by atoms with Gasteiger partial charge in [-0.3, -0.25) is 0 Å². The Hall–Kier alpha value is -0.860. The fraction of sp³-hybridized carbons (Fsp3) is 0.500. The first-order valence-electron chi connectivity index (χ1n) is 5.06. The van der Waals surface area contributed by atoms with E-state index >= 15 is 0 Å². The highest BCUT2D eigenvalue weighted by Gasteiger charge is 2.36. The van der Waals surface area contributed by atoms with E-state index in [4.69, 9.17) is 4.74 Å². The molecule has 0 saturated carbocycles. The van der Waals surface area contributed by atoms with Gasteiger partial charge in [0.2, 0.25) is 0 Å². The fourth-order valence-corrected chi connectivity index (χ4v) is 1.94. The topological polar surface area (TPSA) is 21.3 Å². The fourth-order valence-electron chi connectivity index (χ4n) is 1.94. The molecule has 2 nitrogen and oxygen atoms in total. The molecule has 1 aliphatic rings. The molecule has 1 aliphatic heterocycles. The molecule has 0 bridgehead atoms. The Bertz CT molecular complexity index is 312. The van der Waals surface area contributed by atoms with Gasteiger partial charge in [-0.05, 0) is 12.5 Å². The van der Waals surface area contributed by atoms with E-state index in [1.54, 1.807) is 7.11 Å². The minimum Gasteiger partial charge on any atom is -0.375 e. The van der Waals surface area contributed by atoms with Crippen LogP contribution in [-0.2, 0) is 11.2 Å². The van der Waals surface area contributed by atoms with Crippen molar-refractivity contribution in [2.45, 2.75) is 18.9 Å². The number of hydrogen-bond acceptors (Lipinski definition) is 2. The van der Waals surface area contributed by atoms with Crippen LogP contribution < -0.4 is 5.32 Å². The third kappa shape index (κ3) is 1.81. The average molecular weight is 191 g/mol. The van der Waals surface area contributed by atoms with Crippen LogP contribution in [0.25, 0.3) is 0 Å². The lowest BCUT2D eigenvalue weighted by atomic mass is 9.88. The van der Waals surface area contributed by atoms with Gasteiger partial charge in [0.1, 0.15) is 0 Å². The molecule has 0 amide bonds. The number of rotatable bonds is 3. The predicted octanol–water partition coefficient (Wildman–Crippen LogP) is 1.53. The summed E-state index contributed by atoms with van der Waals surface area (Å²) >= 11 is 0. The molecule has 1 heterocycles. The van der Waals surface area contributed by atoms with E-state index in [9.17, 15) is 0 Å². The second kappa shape index (κ2) is 3.71. The summed E-state index contributed by atoms with van der Waals surface area (Å²) in [6, 6.07) is 8.65. The van der Waals surface area contributed by atoms with Crippen LogP contribution in [0.1, 0.15) is 11.1 Å². The zero-order chi connectivity index (χ0) is 10.0. The number of ether oxygens (including phenoxy) is 1. The van der Waals surface area contributed by atoms with Gasteiger partial charge in [0.05, 0.1) is 5.60 Å². The van der Waals surface area contributed by atoms with Crippen molar-refractivity contribution in [3.63, 3.8) is 0 Å². The van der Waals surface area contributed by atoms with Crippen LogP contribution in [-0.4, -0.2) is 25.8 Å². The van der Waals surface area contributed by atoms with Crippen LogP contribution in [0.5, 0.6) is 0 Å². The smallest absolute Gasteiger partial charge is 0.0966 e. The van der Waals surface area contributed by atoms with Crippen LogP contribution in [0.15, 0.2) is 24.3 Å². The van der Waals surface area contributed by atoms with Crippen LogP contribution in [0.3, 0.4) is 0 Å². The second-order valence-electron chi connectivity index (χ2n) is 4.16. The molecule has 1 aromatic rings. The maximum absolute atomic E-state index is 5.56. The van der Waals surface area contributed by atoms with Gasteiger partial charge in [-0.1, -0.05) is 29.8 Å². The number of benzene rings is 1. The van der Waals surface area contributed by atoms with Crippen LogP contribution in [0, 0.1) is 6.92 Å². The molecular weight excluding hydrogens is 174 g/mol. The summed E-state index contributed by atoms with van der Waals surface area (Å²) in [7, 11) is 1.80. The highest BCUT2D eigenvalue weighted by Crippen LogP contribution is 2.21. The highest BCUT2D eigenvalue weighted by atomic mass is 16.5. The Balaban J connectivity index is 2.09. The second-order valence-corrected chi connectivity index (χ2v) is 4.16. The molecule has 0 aromatic heterocycles. The summed E-state index contributed by atoms with van der Waals surface area (Å²) in [5.41, 5.74) is 2.74. The normalized spacial score (nSPS) is 19.0. The number of aryl methyl sites for hydroxylation is 1. The van der Waals surface area contributed by atoms with Crippen molar-refractivity contribution in [2.24, 2.45) is 0 Å². The maximum Gasteiger partial charge on any atom is 0.0966 e. The molecular formula is C12H17NO. The molecule has 1 aromatic carbocycles. The summed E-state index contributed by atoms with van der Waals surface area (Å²) in [6.07, 6.45) is 1.01. The summed E-state index contributed by atoms with van der Waals surface area (Å²) in [4.78, 5) is 0. The summed E-state index contributed by atoms with van der Waals surface area (Å²) in [5, 5.41) is 3.26. The molecule has 0 aliphatic carbocycles. The lowest BCUT2D eigenvalue weighted by Crippen LogP contribution is -2.61. The van der Waals surface area contributed by atoms with Gasteiger partial charge in [0, 0.05) is 26.6 Å². The van der Waals surface area contributed by atoms with E-state index in [1.165, 1.54) is 11.1 Å². The zero-order valence-electron chi connectivity index (χ0n) is 8.84. The molecule has 0 unspecified atom stereocenters. The van der Waals surface area contributed by atoms with Crippen LogP contribution in [0.4, 0.5) is 0 Å². The lowest BCUT2D eigenvalue weighted by Gasteiger charge is -2.41. The van der Waals surface area contributed by atoms with E-state index in [0.717, 1.165) is 19.5 Å². The molecule has 1 fully saturated rings. The molecule has 0 radical (unpaired) electrons. The van der Waals surface area contributed by atoms with E-state index in [2.05, 4.69) is 36.5 Å². The number of hydrogen-bond donors (Lipinski definition) is 1. The van der Waals surface area contributed by atoms with Crippen LogP contribution >= 0.6 is 0 Å². The molecule has 1 N–H and O–H groups in total. The van der Waals surface area contributed by atoms with E-state index < -0.39 is 0 Å². The van der Waals surface area contributed by atoms with Crippen molar-refractivity contribution in [1.29, 1.82) is 0 Å². The van der Waals surface area contributed by atoms with Gasteiger partial charge in [-0.25, -0.2) is 0 Å². The average Bonchev–Trinajstić information content (AvgIpc) is 2.11. The zero-order valence-corrected chi connectivity index (χ0v) is 8.84. The Labute approximate surface area is 85.3 Å². The summed E-state index contributed by atoms with van der Waals surface area (Å²) in [6.45, 7) is 4.07. The van der Waals surface area contributed by atoms with Crippen LogP contribution in [0.2, 0.25) is 0 Å². The summed E-state index contributed by atoms with van der Waals surface area (Å²) < 4.78 is 5.56. The van der Waals surface area contributed by atoms with Gasteiger partial charge in [-0.2, -0.15) is 0 Å². The Kier molecular flexibility index (Phi) is 2.57. The SMILES string of the molecule is COC1(Cc2cccc(C)c2)CNC1. The maximum atomic E-state index is 5.56. The first kappa shape index (κ1) is 9.69. The van der Waals surface area contributed by atoms with Crippen molar-refractivity contribution in [1.82, 2.24) is 5.32 Å².